The third-order valence-electron chi connectivity index (χ3n) is 3.63. The summed E-state index contributed by atoms with van der Waals surface area (Å²) in [7, 11) is -10.3. The van der Waals surface area contributed by atoms with Gasteiger partial charge in [-0.05, 0) is 31.0 Å². The number of rotatable bonds is 3. The fourth-order valence-electron chi connectivity index (χ4n) is 2.24. The molecular weight excluding hydrogens is 376 g/mol. The second-order valence-corrected chi connectivity index (χ2v) is 9.13. The van der Waals surface area contributed by atoms with E-state index >= 15 is 0 Å². The molecule has 0 bridgehead atoms. The lowest BCUT2D eigenvalue weighted by atomic mass is 10.1. The maximum atomic E-state index is 13.6. The number of hydrogen-bond acceptors (Lipinski definition) is 5. The van der Waals surface area contributed by atoms with Crippen LogP contribution in [-0.2, 0) is 19.9 Å². The zero-order chi connectivity index (χ0) is 18.3. The molecule has 0 saturated carbocycles. The topological polar surface area (TPSA) is 97.5 Å². The van der Waals surface area contributed by atoms with Gasteiger partial charge in [0.25, 0.3) is 9.84 Å². The average molecular weight is 390 g/mol. The Labute approximate surface area is 136 Å². The van der Waals surface area contributed by atoms with Crippen LogP contribution in [-0.4, -0.2) is 45.8 Å². The van der Waals surface area contributed by atoms with Gasteiger partial charge in [-0.15, -0.1) is 0 Å². The van der Waals surface area contributed by atoms with E-state index in [4.69, 9.17) is 5.73 Å². The predicted octanol–water partition coefficient (Wildman–Crippen LogP) is 1.23. The second kappa shape index (κ2) is 6.24. The Morgan fingerprint density at radius 1 is 1.08 bits per heavy atom. The molecule has 0 aromatic heterocycles. The van der Waals surface area contributed by atoms with Gasteiger partial charge in [-0.3, -0.25) is 0 Å². The Hall–Kier alpha value is -1.24. The molecule has 12 heteroatoms. The highest BCUT2D eigenvalue weighted by molar-refractivity contribution is 7.92. The number of nitrogens with two attached hydrogens (primary N) is 1. The maximum Gasteiger partial charge on any atom is 0.502 e. The Morgan fingerprint density at radius 3 is 2.12 bits per heavy atom. The Kier molecular flexibility index (Phi) is 4.97. The van der Waals surface area contributed by atoms with Crippen molar-refractivity contribution in [3.8, 4) is 0 Å². The molecule has 0 unspecified atom stereocenters. The van der Waals surface area contributed by atoms with Crippen LogP contribution in [0.4, 0.5) is 17.6 Å². The standard InChI is InChI=1S/C12H14F4N2O4S2/c13-10-2-1-9(7-11(10)23(19,20)12(14,15)16)24(21,22)18-5-3-8(17)4-6-18/h1-2,7-8H,3-6,17H2. The van der Waals surface area contributed by atoms with Crippen molar-refractivity contribution >= 4 is 19.9 Å². The zero-order valence-corrected chi connectivity index (χ0v) is 13.8. The summed E-state index contributed by atoms with van der Waals surface area (Å²) in [6, 6.07) is 1.13. The lowest BCUT2D eigenvalue weighted by Crippen LogP contribution is -2.42. The number of nitrogens with zero attached hydrogens (tertiary/aromatic N) is 1. The molecule has 24 heavy (non-hydrogen) atoms. The van der Waals surface area contributed by atoms with Gasteiger partial charge in [0.05, 0.1) is 4.90 Å². The Morgan fingerprint density at radius 2 is 1.62 bits per heavy atom. The predicted molar refractivity (Wildman–Crippen MR) is 75.6 cm³/mol. The van der Waals surface area contributed by atoms with Gasteiger partial charge in [-0.25, -0.2) is 21.2 Å². The fourth-order valence-corrected chi connectivity index (χ4v) is 4.67. The van der Waals surface area contributed by atoms with Gasteiger partial charge in [0.1, 0.15) is 10.7 Å². The van der Waals surface area contributed by atoms with Gasteiger partial charge in [-0.2, -0.15) is 17.5 Å². The SMILES string of the molecule is NC1CCN(S(=O)(=O)c2ccc(F)c(S(=O)(=O)C(F)(F)F)c2)CC1. The molecular formula is C12H14F4N2O4S2. The van der Waals surface area contributed by atoms with Crippen LogP contribution in [0.3, 0.4) is 0 Å². The molecule has 2 N–H and O–H groups in total. The summed E-state index contributed by atoms with van der Waals surface area (Å²) in [6.07, 6.45) is 0.711. The highest BCUT2D eigenvalue weighted by Crippen LogP contribution is 2.33. The van der Waals surface area contributed by atoms with Crippen molar-refractivity contribution in [1.82, 2.24) is 4.31 Å². The van der Waals surface area contributed by atoms with Crippen LogP contribution in [0.1, 0.15) is 12.8 Å². The molecule has 1 aromatic carbocycles. The summed E-state index contributed by atoms with van der Waals surface area (Å²) in [5.74, 6) is -1.67. The van der Waals surface area contributed by atoms with Crippen molar-refractivity contribution in [2.45, 2.75) is 34.2 Å². The summed E-state index contributed by atoms with van der Waals surface area (Å²) in [6.45, 7) is 0.0878. The molecule has 2 rings (SSSR count). The molecule has 0 amide bonds. The van der Waals surface area contributed by atoms with Crippen molar-refractivity contribution in [2.75, 3.05) is 13.1 Å². The minimum absolute atomic E-state index is 0.0439. The molecule has 1 aromatic rings. The van der Waals surface area contributed by atoms with Crippen molar-refractivity contribution in [3.05, 3.63) is 24.0 Å². The van der Waals surface area contributed by atoms with Crippen molar-refractivity contribution < 1.29 is 34.4 Å². The maximum absolute atomic E-state index is 13.6. The monoisotopic (exact) mass is 390 g/mol. The van der Waals surface area contributed by atoms with Crippen LogP contribution < -0.4 is 5.73 Å². The molecule has 136 valence electrons. The quantitative estimate of drug-likeness (QED) is 0.783. The van der Waals surface area contributed by atoms with E-state index in [0.29, 0.717) is 18.9 Å². The third kappa shape index (κ3) is 3.41. The van der Waals surface area contributed by atoms with Crippen LogP contribution in [0.2, 0.25) is 0 Å². The van der Waals surface area contributed by atoms with Gasteiger partial charge >= 0.3 is 5.51 Å². The van der Waals surface area contributed by atoms with Crippen LogP contribution in [0.25, 0.3) is 0 Å². The minimum Gasteiger partial charge on any atom is -0.328 e. The highest BCUT2D eigenvalue weighted by atomic mass is 32.2. The van der Waals surface area contributed by atoms with Gasteiger partial charge in [0, 0.05) is 19.1 Å². The summed E-state index contributed by atoms with van der Waals surface area (Å²) < 4.78 is 100.0. The highest BCUT2D eigenvalue weighted by Gasteiger charge is 2.48. The van der Waals surface area contributed by atoms with E-state index in [9.17, 15) is 34.4 Å². The van der Waals surface area contributed by atoms with Crippen LogP contribution >= 0.6 is 0 Å². The zero-order valence-electron chi connectivity index (χ0n) is 12.1. The number of sulfonamides is 1. The fraction of sp³-hybridized carbons (Fsp3) is 0.500. The molecule has 1 aliphatic rings. The van der Waals surface area contributed by atoms with Gasteiger partial charge in [-0.1, -0.05) is 0 Å². The molecule has 0 radical (unpaired) electrons. The number of hydrogen-bond donors (Lipinski definition) is 1. The van der Waals surface area contributed by atoms with Crippen LogP contribution in [0, 0.1) is 5.82 Å². The molecule has 0 aliphatic carbocycles. The molecule has 1 heterocycles. The third-order valence-corrected chi connectivity index (χ3v) is 7.03. The van der Waals surface area contributed by atoms with Gasteiger partial charge in [0.2, 0.25) is 10.0 Å². The van der Waals surface area contributed by atoms with Crippen molar-refractivity contribution in [1.29, 1.82) is 0 Å². The molecule has 1 saturated heterocycles. The van der Waals surface area contributed by atoms with Gasteiger partial charge < -0.3 is 5.73 Å². The number of benzene rings is 1. The Balaban J connectivity index is 2.49. The average Bonchev–Trinajstić information content (AvgIpc) is 2.46. The summed E-state index contributed by atoms with van der Waals surface area (Å²) in [5, 5.41) is 0. The smallest absolute Gasteiger partial charge is 0.328 e. The van der Waals surface area contributed by atoms with Crippen molar-refractivity contribution in [2.24, 2.45) is 5.73 Å². The largest absolute Gasteiger partial charge is 0.502 e. The van der Waals surface area contributed by atoms with E-state index in [2.05, 4.69) is 0 Å². The summed E-state index contributed by atoms with van der Waals surface area (Å²) in [5.41, 5.74) is -0.0895. The summed E-state index contributed by atoms with van der Waals surface area (Å²) >= 11 is 0. The van der Waals surface area contributed by atoms with E-state index in [1.54, 1.807) is 0 Å². The second-order valence-electron chi connectivity index (χ2n) is 5.28. The number of sulfone groups is 1. The first-order chi connectivity index (χ1) is 10.9. The van der Waals surface area contributed by atoms with E-state index in [1.165, 1.54) is 0 Å². The van der Waals surface area contributed by atoms with Gasteiger partial charge in [0.15, 0.2) is 0 Å². The number of piperidine rings is 1. The van der Waals surface area contributed by atoms with Crippen LogP contribution in [0.5, 0.6) is 0 Å². The number of halogens is 4. The lowest BCUT2D eigenvalue weighted by Gasteiger charge is -2.29. The first-order valence-electron chi connectivity index (χ1n) is 6.74. The minimum atomic E-state index is -6.01. The van der Waals surface area contributed by atoms with E-state index in [1.807, 2.05) is 0 Å². The summed E-state index contributed by atoms with van der Waals surface area (Å²) in [4.78, 5) is -2.44. The van der Waals surface area contributed by atoms with E-state index < -0.39 is 41.0 Å². The molecule has 1 aliphatic heterocycles. The van der Waals surface area contributed by atoms with Crippen LogP contribution in [0.15, 0.2) is 28.0 Å². The van der Waals surface area contributed by atoms with Crippen molar-refractivity contribution in [3.63, 3.8) is 0 Å². The molecule has 1 fully saturated rings. The number of alkyl halides is 3. The lowest BCUT2D eigenvalue weighted by molar-refractivity contribution is -0.0437. The molecule has 6 nitrogen and oxygen atoms in total. The molecule has 0 atom stereocenters. The normalized spacial score (nSPS) is 18.7. The molecule has 0 spiro atoms. The first-order valence-corrected chi connectivity index (χ1v) is 9.66. The first kappa shape index (κ1) is 19.1. The van der Waals surface area contributed by atoms with E-state index in [-0.39, 0.29) is 25.2 Å². The Bertz CT molecular complexity index is 829. The van der Waals surface area contributed by atoms with E-state index in [0.717, 1.165) is 10.4 Å².